The molecule has 1 atom stereocenters. The zero-order valence-corrected chi connectivity index (χ0v) is 15.4. The molecular weight excluding hydrogens is 302 g/mol. The van der Waals surface area contributed by atoms with Gasteiger partial charge in [0.15, 0.2) is 0 Å². The number of hydrogen-bond acceptors (Lipinski definition) is 4. The molecule has 0 radical (unpaired) electrons. The fourth-order valence-electron chi connectivity index (χ4n) is 2.81. The fourth-order valence-corrected chi connectivity index (χ4v) is 2.81. The van der Waals surface area contributed by atoms with Gasteiger partial charge in [-0.1, -0.05) is 32.9 Å². The van der Waals surface area contributed by atoms with Gasteiger partial charge >= 0.3 is 0 Å². The first-order valence-corrected chi connectivity index (χ1v) is 8.79. The average molecular weight is 333 g/mol. The molecule has 2 rings (SSSR count). The van der Waals surface area contributed by atoms with E-state index in [2.05, 4.69) is 17.0 Å². The summed E-state index contributed by atoms with van der Waals surface area (Å²) in [5, 5.41) is 0. The highest BCUT2D eigenvalue weighted by Crippen LogP contribution is 2.20. The van der Waals surface area contributed by atoms with E-state index in [0.717, 1.165) is 38.5 Å². The molecule has 1 amide bonds. The Labute approximate surface area is 145 Å². The molecule has 0 bridgehead atoms. The van der Waals surface area contributed by atoms with E-state index in [1.165, 1.54) is 5.56 Å². The van der Waals surface area contributed by atoms with Crippen LogP contribution in [-0.4, -0.2) is 54.5 Å². The lowest BCUT2D eigenvalue weighted by Gasteiger charge is -2.38. The second-order valence-corrected chi connectivity index (χ2v) is 7.52. The summed E-state index contributed by atoms with van der Waals surface area (Å²) >= 11 is 0. The minimum Gasteiger partial charge on any atom is -0.494 e. The number of rotatable bonds is 5. The third kappa shape index (κ3) is 4.95. The Balaban J connectivity index is 1.83. The van der Waals surface area contributed by atoms with Crippen molar-refractivity contribution in [1.82, 2.24) is 9.80 Å². The predicted octanol–water partition coefficient (Wildman–Crippen LogP) is 2.10. The first-order valence-electron chi connectivity index (χ1n) is 8.79. The molecule has 1 aliphatic heterocycles. The van der Waals surface area contributed by atoms with Crippen LogP contribution < -0.4 is 10.5 Å². The number of nitrogens with zero attached hydrogens (tertiary/aromatic N) is 2. The molecule has 1 saturated heterocycles. The molecule has 0 aliphatic carbocycles. The van der Waals surface area contributed by atoms with E-state index in [9.17, 15) is 4.79 Å². The van der Waals surface area contributed by atoms with Crippen molar-refractivity contribution in [1.29, 1.82) is 0 Å². The summed E-state index contributed by atoms with van der Waals surface area (Å²) < 4.78 is 5.47. The summed E-state index contributed by atoms with van der Waals surface area (Å²) in [6.07, 6.45) is 0. The van der Waals surface area contributed by atoms with Crippen molar-refractivity contribution in [3.05, 3.63) is 29.8 Å². The van der Waals surface area contributed by atoms with Crippen molar-refractivity contribution < 1.29 is 9.53 Å². The molecule has 134 valence electrons. The van der Waals surface area contributed by atoms with E-state index in [1.807, 2.05) is 44.7 Å². The quantitative estimate of drug-likeness (QED) is 0.896. The molecule has 5 heteroatoms. The fraction of sp³-hybridized carbons (Fsp3) is 0.632. The maximum absolute atomic E-state index is 12.5. The van der Waals surface area contributed by atoms with Crippen LogP contribution in [0.15, 0.2) is 24.3 Å². The van der Waals surface area contributed by atoms with Gasteiger partial charge in [-0.05, 0) is 30.0 Å². The Morgan fingerprint density at radius 2 is 1.75 bits per heavy atom. The average Bonchev–Trinajstić information content (AvgIpc) is 2.55. The van der Waals surface area contributed by atoms with E-state index in [-0.39, 0.29) is 11.3 Å². The monoisotopic (exact) mass is 333 g/mol. The van der Waals surface area contributed by atoms with Crippen LogP contribution in [0.2, 0.25) is 0 Å². The highest BCUT2D eigenvalue weighted by atomic mass is 16.5. The van der Waals surface area contributed by atoms with Gasteiger partial charge in [0.1, 0.15) is 5.75 Å². The van der Waals surface area contributed by atoms with E-state index in [0.29, 0.717) is 6.61 Å². The first-order chi connectivity index (χ1) is 11.3. The van der Waals surface area contributed by atoms with Crippen molar-refractivity contribution >= 4 is 5.91 Å². The number of hydrogen-bond donors (Lipinski definition) is 1. The standard InChI is InChI=1S/C19H31N3O2/c1-5-24-16-8-6-15(7-9-16)14-21-10-12-22(13-11-21)18(23)17(20)19(2,3)4/h6-9,17H,5,10-14,20H2,1-4H3/t17-/m1/s1. The third-order valence-electron chi connectivity index (χ3n) is 4.52. The van der Waals surface area contributed by atoms with Crippen LogP contribution in [0.5, 0.6) is 5.75 Å². The van der Waals surface area contributed by atoms with Crippen LogP contribution >= 0.6 is 0 Å². The molecule has 5 nitrogen and oxygen atoms in total. The summed E-state index contributed by atoms with van der Waals surface area (Å²) in [5.41, 5.74) is 7.18. The van der Waals surface area contributed by atoms with Gasteiger partial charge in [-0.2, -0.15) is 0 Å². The number of nitrogens with two attached hydrogens (primary N) is 1. The van der Waals surface area contributed by atoms with Crippen LogP contribution in [0.3, 0.4) is 0 Å². The van der Waals surface area contributed by atoms with Gasteiger partial charge in [0.25, 0.3) is 0 Å². The van der Waals surface area contributed by atoms with Gasteiger partial charge in [-0.3, -0.25) is 9.69 Å². The van der Waals surface area contributed by atoms with Crippen molar-refractivity contribution in [2.75, 3.05) is 32.8 Å². The molecule has 1 aliphatic rings. The van der Waals surface area contributed by atoms with Gasteiger partial charge in [-0.25, -0.2) is 0 Å². The molecule has 1 aromatic carbocycles. The Morgan fingerprint density at radius 3 is 2.25 bits per heavy atom. The zero-order chi connectivity index (χ0) is 17.7. The van der Waals surface area contributed by atoms with Crippen molar-refractivity contribution in [3.63, 3.8) is 0 Å². The largest absolute Gasteiger partial charge is 0.494 e. The van der Waals surface area contributed by atoms with Crippen LogP contribution in [0.25, 0.3) is 0 Å². The summed E-state index contributed by atoms with van der Waals surface area (Å²) in [7, 11) is 0. The molecule has 0 unspecified atom stereocenters. The van der Waals surface area contributed by atoms with Crippen molar-refractivity contribution in [2.45, 2.75) is 40.3 Å². The molecule has 1 aromatic rings. The number of benzene rings is 1. The highest BCUT2D eigenvalue weighted by molar-refractivity contribution is 5.82. The summed E-state index contributed by atoms with van der Waals surface area (Å²) in [6.45, 7) is 12.9. The van der Waals surface area contributed by atoms with E-state index < -0.39 is 6.04 Å². The van der Waals surface area contributed by atoms with Crippen molar-refractivity contribution in [2.24, 2.45) is 11.1 Å². The topological polar surface area (TPSA) is 58.8 Å². The Kier molecular flexibility index (Phi) is 6.24. The van der Waals surface area contributed by atoms with Gasteiger partial charge in [0.05, 0.1) is 12.6 Å². The van der Waals surface area contributed by atoms with Crippen molar-refractivity contribution in [3.8, 4) is 5.75 Å². The van der Waals surface area contributed by atoms with Gasteiger partial charge in [-0.15, -0.1) is 0 Å². The smallest absolute Gasteiger partial charge is 0.240 e. The second kappa shape index (κ2) is 7.99. The number of piperazine rings is 1. The van der Waals surface area contributed by atoms with E-state index in [1.54, 1.807) is 0 Å². The maximum Gasteiger partial charge on any atom is 0.240 e. The molecule has 1 fully saturated rings. The Bertz CT molecular complexity index is 529. The van der Waals surface area contributed by atoms with Gasteiger partial charge in [0.2, 0.25) is 5.91 Å². The summed E-state index contributed by atoms with van der Waals surface area (Å²) in [5.74, 6) is 0.982. The van der Waals surface area contributed by atoms with Crippen LogP contribution in [0, 0.1) is 5.41 Å². The summed E-state index contributed by atoms with van der Waals surface area (Å²) in [4.78, 5) is 16.8. The van der Waals surface area contributed by atoms with Gasteiger partial charge in [0, 0.05) is 32.7 Å². The maximum atomic E-state index is 12.5. The Hall–Kier alpha value is -1.59. The van der Waals surface area contributed by atoms with Crippen LogP contribution in [0.1, 0.15) is 33.3 Å². The molecule has 1 heterocycles. The van der Waals surface area contributed by atoms with E-state index >= 15 is 0 Å². The molecule has 24 heavy (non-hydrogen) atoms. The SMILES string of the molecule is CCOc1ccc(CN2CCN(C(=O)[C@@H](N)C(C)(C)C)CC2)cc1. The van der Waals surface area contributed by atoms with Crippen LogP contribution in [0.4, 0.5) is 0 Å². The molecule has 2 N–H and O–H groups in total. The number of carbonyl (C=O) groups excluding carboxylic acids is 1. The minimum atomic E-state index is -0.435. The molecular formula is C19H31N3O2. The zero-order valence-electron chi connectivity index (χ0n) is 15.4. The second-order valence-electron chi connectivity index (χ2n) is 7.52. The lowest BCUT2D eigenvalue weighted by Crippen LogP contribution is -2.56. The minimum absolute atomic E-state index is 0.0724. The lowest BCUT2D eigenvalue weighted by atomic mass is 9.86. The number of amides is 1. The predicted molar refractivity (Wildman–Crippen MR) is 96.9 cm³/mol. The summed E-state index contributed by atoms with van der Waals surface area (Å²) in [6, 6.07) is 7.81. The molecule has 0 aromatic heterocycles. The molecule has 0 spiro atoms. The first kappa shape index (κ1) is 18.7. The lowest BCUT2D eigenvalue weighted by molar-refractivity contribution is -0.136. The number of carbonyl (C=O) groups is 1. The number of ether oxygens (including phenoxy) is 1. The van der Waals surface area contributed by atoms with Crippen LogP contribution in [-0.2, 0) is 11.3 Å². The normalized spacial score (nSPS) is 17.6. The highest BCUT2D eigenvalue weighted by Gasteiger charge is 2.32. The Morgan fingerprint density at radius 1 is 1.17 bits per heavy atom. The third-order valence-corrected chi connectivity index (χ3v) is 4.52. The van der Waals surface area contributed by atoms with Gasteiger partial charge < -0.3 is 15.4 Å². The van der Waals surface area contributed by atoms with E-state index in [4.69, 9.17) is 10.5 Å². The molecule has 0 saturated carbocycles.